The van der Waals surface area contributed by atoms with Gasteiger partial charge in [-0.05, 0) is 54.1 Å². The van der Waals surface area contributed by atoms with Gasteiger partial charge < -0.3 is 14.5 Å². The number of para-hydroxylation sites is 2. The lowest BCUT2D eigenvalue weighted by molar-refractivity contribution is -0.127. The van der Waals surface area contributed by atoms with E-state index in [0.29, 0.717) is 28.3 Å². The summed E-state index contributed by atoms with van der Waals surface area (Å²) in [5, 5.41) is 11.2. The van der Waals surface area contributed by atoms with Crippen molar-refractivity contribution < 1.29 is 18.7 Å². The number of furan rings is 1. The second-order valence-electron chi connectivity index (χ2n) is 8.31. The van der Waals surface area contributed by atoms with Gasteiger partial charge in [0, 0.05) is 5.69 Å². The van der Waals surface area contributed by atoms with Crippen LogP contribution in [0.15, 0.2) is 102 Å². The highest BCUT2D eigenvalue weighted by Crippen LogP contribution is 2.30. The van der Waals surface area contributed by atoms with Crippen molar-refractivity contribution in [3.05, 3.63) is 109 Å². The maximum Gasteiger partial charge on any atom is 0.249 e. The third-order valence-electron chi connectivity index (χ3n) is 5.96. The molecule has 9 heteroatoms. The molecule has 0 aliphatic carbocycles. The van der Waals surface area contributed by atoms with Gasteiger partial charge in [0.2, 0.25) is 11.8 Å². The molecular weight excluding hydrogens is 470 g/mol. The van der Waals surface area contributed by atoms with Crippen LogP contribution in [0, 0.1) is 0 Å². The molecule has 0 saturated carbocycles. The van der Waals surface area contributed by atoms with Gasteiger partial charge in [0.15, 0.2) is 0 Å². The molecule has 9 nitrogen and oxygen atoms in total. The van der Waals surface area contributed by atoms with Crippen molar-refractivity contribution in [2.75, 3.05) is 12.0 Å². The van der Waals surface area contributed by atoms with E-state index in [0.717, 1.165) is 5.52 Å². The van der Waals surface area contributed by atoms with E-state index in [-0.39, 0.29) is 24.9 Å². The fourth-order valence-corrected chi connectivity index (χ4v) is 4.15. The van der Waals surface area contributed by atoms with Gasteiger partial charge in [-0.1, -0.05) is 47.7 Å². The largest absolute Gasteiger partial charge is 0.497 e. The summed E-state index contributed by atoms with van der Waals surface area (Å²) in [7, 11) is 1.57. The van der Waals surface area contributed by atoms with Gasteiger partial charge in [-0.2, -0.15) is 0 Å². The first-order valence-corrected chi connectivity index (χ1v) is 11.7. The SMILES string of the molecule is COc1ccc([C@@H](C(=O)NCc2ccco2)N(C(=O)Cn2nnc3ccccc32)c2ccccc2)cc1. The lowest BCUT2D eigenvalue weighted by Gasteiger charge is -2.31. The molecule has 5 rings (SSSR count). The molecule has 0 spiro atoms. The van der Waals surface area contributed by atoms with Crippen LogP contribution in [0.4, 0.5) is 5.69 Å². The van der Waals surface area contributed by atoms with Crippen molar-refractivity contribution in [3.8, 4) is 5.75 Å². The lowest BCUT2D eigenvalue weighted by Crippen LogP contribution is -2.45. The van der Waals surface area contributed by atoms with Gasteiger partial charge in [0.25, 0.3) is 0 Å². The third kappa shape index (κ3) is 5.20. The van der Waals surface area contributed by atoms with Crippen LogP contribution in [-0.2, 0) is 22.7 Å². The fourth-order valence-electron chi connectivity index (χ4n) is 4.15. The van der Waals surface area contributed by atoms with Gasteiger partial charge in [0.05, 0.1) is 25.4 Å². The predicted octanol–water partition coefficient (Wildman–Crippen LogP) is 4.12. The maximum absolute atomic E-state index is 13.9. The Labute approximate surface area is 213 Å². The Bertz CT molecular complexity index is 1480. The molecule has 1 atom stereocenters. The van der Waals surface area contributed by atoms with Crippen LogP contribution in [0.5, 0.6) is 5.75 Å². The minimum absolute atomic E-state index is 0.104. The Hall–Kier alpha value is -4.92. The summed E-state index contributed by atoms with van der Waals surface area (Å²) >= 11 is 0. The van der Waals surface area contributed by atoms with Crippen LogP contribution in [0.25, 0.3) is 11.0 Å². The van der Waals surface area contributed by atoms with E-state index in [4.69, 9.17) is 9.15 Å². The number of hydrogen-bond donors (Lipinski definition) is 1. The van der Waals surface area contributed by atoms with Crippen LogP contribution in [-0.4, -0.2) is 33.9 Å². The highest BCUT2D eigenvalue weighted by molar-refractivity contribution is 6.01. The van der Waals surface area contributed by atoms with Crippen LogP contribution < -0.4 is 15.0 Å². The molecule has 3 aromatic carbocycles. The van der Waals surface area contributed by atoms with E-state index >= 15 is 0 Å². The highest BCUT2D eigenvalue weighted by atomic mass is 16.5. The van der Waals surface area contributed by atoms with Crippen LogP contribution >= 0.6 is 0 Å². The molecule has 0 fully saturated rings. The van der Waals surface area contributed by atoms with Gasteiger partial charge in [-0.15, -0.1) is 5.10 Å². The first kappa shape index (κ1) is 23.8. The summed E-state index contributed by atoms with van der Waals surface area (Å²) in [5.74, 6) is 0.566. The number of amides is 2. The molecule has 2 heterocycles. The fraction of sp³-hybridized carbons (Fsp3) is 0.143. The van der Waals surface area contributed by atoms with Gasteiger partial charge >= 0.3 is 0 Å². The molecule has 2 amide bonds. The molecule has 37 heavy (non-hydrogen) atoms. The Kier molecular flexibility index (Phi) is 6.93. The number of nitrogens with zero attached hydrogens (tertiary/aromatic N) is 4. The van der Waals surface area contributed by atoms with Crippen LogP contribution in [0.1, 0.15) is 17.4 Å². The molecule has 0 radical (unpaired) electrons. The monoisotopic (exact) mass is 495 g/mol. The molecule has 0 bridgehead atoms. The molecular formula is C28H25N5O4. The first-order valence-electron chi connectivity index (χ1n) is 11.7. The number of methoxy groups -OCH3 is 1. The predicted molar refractivity (Wildman–Crippen MR) is 138 cm³/mol. The lowest BCUT2D eigenvalue weighted by atomic mass is 10.0. The Morgan fingerprint density at radius 2 is 1.73 bits per heavy atom. The minimum atomic E-state index is -0.967. The van der Waals surface area contributed by atoms with Crippen molar-refractivity contribution in [1.29, 1.82) is 0 Å². The Morgan fingerprint density at radius 3 is 2.46 bits per heavy atom. The second kappa shape index (κ2) is 10.8. The number of anilines is 1. The summed E-state index contributed by atoms with van der Waals surface area (Å²) in [5.41, 5.74) is 2.61. The molecule has 2 aromatic heterocycles. The van der Waals surface area contributed by atoms with Crippen molar-refractivity contribution in [3.63, 3.8) is 0 Å². The van der Waals surface area contributed by atoms with Crippen LogP contribution in [0.2, 0.25) is 0 Å². The number of rotatable bonds is 9. The van der Waals surface area contributed by atoms with E-state index < -0.39 is 6.04 Å². The number of benzene rings is 3. The van der Waals surface area contributed by atoms with Crippen molar-refractivity contribution in [2.24, 2.45) is 0 Å². The zero-order valence-electron chi connectivity index (χ0n) is 20.2. The zero-order valence-corrected chi connectivity index (χ0v) is 20.2. The van der Waals surface area contributed by atoms with E-state index in [2.05, 4.69) is 15.6 Å². The summed E-state index contributed by atoms with van der Waals surface area (Å²) in [6.45, 7) is 0.0799. The van der Waals surface area contributed by atoms with E-state index in [1.54, 1.807) is 66.6 Å². The summed E-state index contributed by atoms with van der Waals surface area (Å²) in [4.78, 5) is 29.2. The maximum atomic E-state index is 13.9. The topological polar surface area (TPSA) is 102 Å². The highest BCUT2D eigenvalue weighted by Gasteiger charge is 2.33. The molecule has 1 N–H and O–H groups in total. The average molecular weight is 496 g/mol. The van der Waals surface area contributed by atoms with Crippen molar-refractivity contribution >= 4 is 28.5 Å². The number of nitrogens with one attached hydrogen (secondary N) is 1. The zero-order chi connectivity index (χ0) is 25.6. The molecule has 186 valence electrons. The molecule has 0 aliphatic rings. The Morgan fingerprint density at radius 1 is 0.973 bits per heavy atom. The molecule has 0 saturated heterocycles. The first-order chi connectivity index (χ1) is 18.1. The van der Waals surface area contributed by atoms with Gasteiger partial charge in [-0.3, -0.25) is 14.5 Å². The van der Waals surface area contributed by atoms with Crippen molar-refractivity contribution in [2.45, 2.75) is 19.1 Å². The van der Waals surface area contributed by atoms with Crippen molar-refractivity contribution in [1.82, 2.24) is 20.3 Å². The number of carbonyl (C=O) groups is 2. The summed E-state index contributed by atoms with van der Waals surface area (Å²) in [6.07, 6.45) is 1.55. The number of ether oxygens (including phenoxy) is 1. The second-order valence-corrected chi connectivity index (χ2v) is 8.31. The van der Waals surface area contributed by atoms with Crippen LogP contribution in [0.3, 0.4) is 0 Å². The third-order valence-corrected chi connectivity index (χ3v) is 5.96. The van der Waals surface area contributed by atoms with E-state index in [9.17, 15) is 9.59 Å². The van der Waals surface area contributed by atoms with E-state index in [1.165, 1.54) is 4.90 Å². The normalized spacial score (nSPS) is 11.7. The average Bonchev–Trinajstić information content (AvgIpc) is 3.61. The Balaban J connectivity index is 1.54. The number of fused-ring (bicyclic) bond motifs is 1. The molecule has 0 aliphatic heterocycles. The van der Waals surface area contributed by atoms with Gasteiger partial charge in [-0.25, -0.2) is 4.68 Å². The minimum Gasteiger partial charge on any atom is -0.497 e. The summed E-state index contributed by atoms with van der Waals surface area (Å²) < 4.78 is 12.2. The summed E-state index contributed by atoms with van der Waals surface area (Å²) in [6, 6.07) is 26.2. The number of carbonyl (C=O) groups excluding carboxylic acids is 2. The number of hydrogen-bond acceptors (Lipinski definition) is 6. The van der Waals surface area contributed by atoms with E-state index in [1.807, 2.05) is 42.5 Å². The smallest absolute Gasteiger partial charge is 0.249 e. The molecule has 5 aromatic rings. The van der Waals surface area contributed by atoms with Gasteiger partial charge in [0.1, 0.15) is 29.6 Å². The number of aromatic nitrogens is 3. The molecule has 0 unspecified atom stereocenters. The standard InChI is InChI=1S/C28H25N5O4/c1-36-22-15-13-20(14-16-22)27(28(35)29-18-23-10-7-17-37-23)33(21-8-3-2-4-9-21)26(34)19-32-25-12-6-5-11-24(25)30-31-32/h2-17,27H,18-19H2,1H3,(H,29,35)/t27-/m0/s1. The quantitative estimate of drug-likeness (QED) is 0.330.